The molecule has 1 aromatic carbocycles. The Bertz CT molecular complexity index is 590. The van der Waals surface area contributed by atoms with Gasteiger partial charge in [-0.15, -0.1) is 0 Å². The van der Waals surface area contributed by atoms with E-state index in [-0.39, 0.29) is 60.4 Å². The van der Waals surface area contributed by atoms with Crippen LogP contribution < -0.4 is 0 Å². The Balaban J connectivity index is 0.00000900. The van der Waals surface area contributed by atoms with Crippen LogP contribution >= 0.6 is 0 Å². The molecule has 0 atom stereocenters. The van der Waals surface area contributed by atoms with E-state index >= 15 is 0 Å². The van der Waals surface area contributed by atoms with Gasteiger partial charge in [0, 0.05) is 0 Å². The third kappa shape index (κ3) is 18.8. The average Bonchev–Trinajstić information content (AvgIpc) is 2.76. The van der Waals surface area contributed by atoms with E-state index in [2.05, 4.69) is 6.92 Å². The molecule has 0 aliphatic rings. The zero-order valence-corrected chi connectivity index (χ0v) is 20.3. The summed E-state index contributed by atoms with van der Waals surface area (Å²) < 4.78 is 29.1. The van der Waals surface area contributed by atoms with Crippen molar-refractivity contribution in [3.05, 3.63) is 30.3 Å². The minimum atomic E-state index is -3.58. The number of hydrogen-bond acceptors (Lipinski definition) is 3. The molecule has 0 spiro atoms. The molecule has 31 heavy (non-hydrogen) atoms. The van der Waals surface area contributed by atoms with E-state index in [1.165, 1.54) is 103 Å². The molecular formula is C26H48BaO3S. The average molecular weight is 578 g/mol. The van der Waals surface area contributed by atoms with Gasteiger partial charge in [-0.2, -0.15) is 8.42 Å². The zero-order chi connectivity index (χ0) is 21.8. The van der Waals surface area contributed by atoms with Crippen molar-refractivity contribution in [1.82, 2.24) is 0 Å². The van der Waals surface area contributed by atoms with E-state index in [9.17, 15) is 8.42 Å². The molecule has 0 N–H and O–H groups in total. The first kappa shape index (κ1) is 31.7. The molecule has 0 bridgehead atoms. The van der Waals surface area contributed by atoms with Gasteiger partial charge in [0.25, 0.3) is 10.1 Å². The second-order valence-electron chi connectivity index (χ2n) is 8.60. The fourth-order valence-corrected chi connectivity index (χ4v) is 4.79. The first-order valence-corrected chi connectivity index (χ1v) is 14.0. The maximum absolute atomic E-state index is 12.0. The molecule has 0 unspecified atom stereocenters. The molecule has 0 saturated carbocycles. The van der Waals surface area contributed by atoms with E-state index in [4.69, 9.17) is 4.18 Å². The van der Waals surface area contributed by atoms with Crippen LogP contribution in [0.3, 0.4) is 0 Å². The van der Waals surface area contributed by atoms with E-state index in [0.29, 0.717) is 0 Å². The summed E-state index contributed by atoms with van der Waals surface area (Å²) in [6.07, 6.45) is 23.9. The van der Waals surface area contributed by atoms with Crippen molar-refractivity contribution in [2.75, 3.05) is 6.61 Å². The molecule has 1 rings (SSSR count). The molecule has 3 nitrogen and oxygen atoms in total. The summed E-state index contributed by atoms with van der Waals surface area (Å²) in [5, 5.41) is 0. The van der Waals surface area contributed by atoms with E-state index in [0.717, 1.165) is 12.8 Å². The van der Waals surface area contributed by atoms with Crippen molar-refractivity contribution in [3.63, 3.8) is 0 Å². The van der Waals surface area contributed by atoms with Gasteiger partial charge in [-0.1, -0.05) is 134 Å². The van der Waals surface area contributed by atoms with Crippen molar-refractivity contribution in [2.45, 2.75) is 127 Å². The second-order valence-corrected chi connectivity index (χ2v) is 10.2. The third-order valence-electron chi connectivity index (χ3n) is 5.77. The molecule has 0 amide bonds. The summed E-state index contributed by atoms with van der Waals surface area (Å²) in [4.78, 5) is 0.243. The van der Waals surface area contributed by atoms with Gasteiger partial charge in [0.1, 0.15) is 0 Å². The molecule has 0 aliphatic carbocycles. The maximum atomic E-state index is 12.0. The molecule has 0 heterocycles. The Morgan fingerprint density at radius 1 is 0.581 bits per heavy atom. The number of rotatable bonds is 21. The fourth-order valence-electron chi connectivity index (χ4n) is 3.83. The van der Waals surface area contributed by atoms with Gasteiger partial charge in [0.05, 0.1) is 11.5 Å². The van der Waals surface area contributed by atoms with Crippen molar-refractivity contribution < 1.29 is 12.6 Å². The Hall–Kier alpha value is 0.701. The molecule has 0 aliphatic heterocycles. The summed E-state index contributed by atoms with van der Waals surface area (Å²) in [6.45, 7) is 2.57. The van der Waals surface area contributed by atoms with Gasteiger partial charge in [0.2, 0.25) is 0 Å². The van der Waals surface area contributed by atoms with Gasteiger partial charge in [0.15, 0.2) is 0 Å². The van der Waals surface area contributed by atoms with E-state index < -0.39 is 10.1 Å². The van der Waals surface area contributed by atoms with Gasteiger partial charge >= 0.3 is 48.9 Å². The van der Waals surface area contributed by atoms with Gasteiger partial charge < -0.3 is 0 Å². The first-order valence-electron chi connectivity index (χ1n) is 12.6. The van der Waals surface area contributed by atoms with Crippen molar-refractivity contribution in [3.8, 4) is 0 Å². The number of benzene rings is 1. The summed E-state index contributed by atoms with van der Waals surface area (Å²) >= 11 is 0. The van der Waals surface area contributed by atoms with Crippen LogP contribution in [-0.2, 0) is 14.3 Å². The van der Waals surface area contributed by atoms with E-state index in [1.807, 2.05) is 0 Å². The Morgan fingerprint density at radius 3 is 1.32 bits per heavy atom. The van der Waals surface area contributed by atoms with Gasteiger partial charge in [-0.3, -0.25) is 4.18 Å². The topological polar surface area (TPSA) is 43.4 Å². The van der Waals surface area contributed by atoms with Crippen LogP contribution in [0, 0.1) is 0 Å². The predicted octanol–water partition coefficient (Wildman–Crippen LogP) is 7.52. The monoisotopic (exact) mass is 578 g/mol. The molecule has 0 saturated heterocycles. The summed E-state index contributed by atoms with van der Waals surface area (Å²) in [5.74, 6) is 0. The van der Waals surface area contributed by atoms with Crippen molar-refractivity contribution in [2.24, 2.45) is 0 Å². The van der Waals surface area contributed by atoms with Crippen LogP contribution in [0.5, 0.6) is 0 Å². The first-order chi connectivity index (χ1) is 14.7. The SMILES string of the molecule is CCCCCCCCCCCCCCCCCCCCOS(=O)(=O)c1ccccc1.[BaH2]. The Kier molecular flexibility index (Phi) is 23.0. The standard InChI is InChI=1S/C26H46O3S.Ba.2H/c1-2-3-4-5-6-7-8-9-10-11-12-13-14-15-16-17-18-22-25-29-30(27,28)26-23-20-19-21-24-26;;;/h19-21,23-24H,2-18,22,25H2,1H3;;;. The van der Waals surface area contributed by atoms with Crippen LogP contribution in [0.2, 0.25) is 0 Å². The van der Waals surface area contributed by atoms with Crippen LogP contribution in [0.25, 0.3) is 0 Å². The molecule has 0 radical (unpaired) electrons. The van der Waals surface area contributed by atoms with Gasteiger partial charge in [-0.05, 0) is 18.6 Å². The normalized spacial score (nSPS) is 11.4. The summed E-state index contributed by atoms with van der Waals surface area (Å²) in [6, 6.07) is 8.38. The molecule has 0 fully saturated rings. The van der Waals surface area contributed by atoms with E-state index in [1.54, 1.807) is 30.3 Å². The van der Waals surface area contributed by atoms with Crippen LogP contribution in [-0.4, -0.2) is 63.9 Å². The Labute approximate surface area is 233 Å². The van der Waals surface area contributed by atoms with Crippen molar-refractivity contribution >= 4 is 59.0 Å². The molecular weight excluding hydrogens is 530 g/mol. The zero-order valence-electron chi connectivity index (χ0n) is 19.5. The fraction of sp³-hybridized carbons (Fsp3) is 0.769. The molecule has 178 valence electrons. The minimum absolute atomic E-state index is 0. The predicted molar refractivity (Wildman–Crippen MR) is 137 cm³/mol. The van der Waals surface area contributed by atoms with Crippen molar-refractivity contribution in [1.29, 1.82) is 0 Å². The summed E-state index contributed by atoms with van der Waals surface area (Å²) in [5.41, 5.74) is 0. The van der Waals surface area contributed by atoms with Gasteiger partial charge in [-0.25, -0.2) is 0 Å². The van der Waals surface area contributed by atoms with Crippen LogP contribution in [0.4, 0.5) is 0 Å². The Morgan fingerprint density at radius 2 is 0.935 bits per heavy atom. The molecule has 1 aromatic rings. The van der Waals surface area contributed by atoms with Crippen LogP contribution in [0.15, 0.2) is 35.2 Å². The molecule has 5 heteroatoms. The quantitative estimate of drug-likeness (QED) is 0.0862. The summed E-state index contributed by atoms with van der Waals surface area (Å²) in [7, 11) is -3.58. The molecule has 0 aromatic heterocycles. The third-order valence-corrected chi connectivity index (χ3v) is 7.09. The van der Waals surface area contributed by atoms with Crippen LogP contribution in [0.1, 0.15) is 122 Å². The number of hydrogen-bond donors (Lipinski definition) is 0. The number of unbranched alkanes of at least 4 members (excludes halogenated alkanes) is 17. The second kappa shape index (κ2) is 22.5.